The van der Waals surface area contributed by atoms with Gasteiger partial charge in [0.25, 0.3) is 0 Å². The summed E-state index contributed by atoms with van der Waals surface area (Å²) >= 11 is 0. The third-order valence-corrected chi connectivity index (χ3v) is 6.61. The number of rotatable bonds is 6. The van der Waals surface area contributed by atoms with E-state index >= 15 is 0 Å². The molecule has 1 heterocycles. The van der Waals surface area contributed by atoms with Crippen LogP contribution in [-0.2, 0) is 16.3 Å². The Kier molecular flexibility index (Phi) is 4.83. The standard InChI is InChI=1S/C19H22N2O3S/c1-21(2)19(25(22,23)16-7-5-4-6-8-16)11-14-13-20-18-10-9-15(24-3)12-17(14)18/h4-10,12-13,19-20H,11H2,1-3H3. The molecule has 0 aliphatic carbocycles. The fraction of sp³-hybridized carbons (Fsp3) is 0.263. The SMILES string of the molecule is COc1ccc2[nH]cc(CC(N(C)C)S(=O)(=O)c3ccccc3)c2c1. The first-order valence-corrected chi connectivity index (χ1v) is 9.57. The minimum absolute atomic E-state index is 0.339. The average Bonchev–Trinajstić information content (AvgIpc) is 3.02. The van der Waals surface area contributed by atoms with Crippen molar-refractivity contribution < 1.29 is 13.2 Å². The van der Waals surface area contributed by atoms with Crippen LogP contribution in [0.1, 0.15) is 5.56 Å². The third-order valence-electron chi connectivity index (χ3n) is 4.38. The summed E-state index contributed by atoms with van der Waals surface area (Å²) in [5, 5.41) is 0.328. The molecule has 0 amide bonds. The van der Waals surface area contributed by atoms with Crippen molar-refractivity contribution in [3.8, 4) is 5.75 Å². The molecule has 132 valence electrons. The van der Waals surface area contributed by atoms with E-state index < -0.39 is 15.2 Å². The highest BCUT2D eigenvalue weighted by atomic mass is 32.2. The monoisotopic (exact) mass is 358 g/mol. The Morgan fingerprint density at radius 2 is 1.84 bits per heavy atom. The van der Waals surface area contributed by atoms with E-state index in [9.17, 15) is 8.42 Å². The molecule has 5 nitrogen and oxygen atoms in total. The van der Waals surface area contributed by atoms with Gasteiger partial charge in [0.05, 0.1) is 12.0 Å². The molecule has 0 fully saturated rings. The third kappa shape index (κ3) is 3.41. The molecule has 1 aromatic heterocycles. The molecule has 0 aliphatic rings. The van der Waals surface area contributed by atoms with Crippen LogP contribution in [0.5, 0.6) is 5.75 Å². The number of H-pyrrole nitrogens is 1. The number of likely N-dealkylation sites (N-methyl/N-ethyl adjacent to an activating group) is 1. The van der Waals surface area contributed by atoms with Gasteiger partial charge in [0, 0.05) is 23.5 Å². The number of benzene rings is 2. The van der Waals surface area contributed by atoms with Crippen LogP contribution in [-0.4, -0.2) is 44.9 Å². The van der Waals surface area contributed by atoms with E-state index in [1.807, 2.05) is 30.5 Å². The quantitative estimate of drug-likeness (QED) is 0.736. The van der Waals surface area contributed by atoms with Gasteiger partial charge in [0.1, 0.15) is 11.1 Å². The number of fused-ring (bicyclic) bond motifs is 1. The molecule has 3 aromatic rings. The lowest BCUT2D eigenvalue weighted by atomic mass is 10.1. The maximum Gasteiger partial charge on any atom is 0.194 e. The van der Waals surface area contributed by atoms with E-state index in [1.54, 1.807) is 50.4 Å². The van der Waals surface area contributed by atoms with E-state index in [2.05, 4.69) is 4.98 Å². The highest BCUT2D eigenvalue weighted by molar-refractivity contribution is 7.92. The number of sulfone groups is 1. The molecule has 0 spiro atoms. The number of nitrogens with zero attached hydrogens (tertiary/aromatic N) is 1. The second-order valence-corrected chi connectivity index (χ2v) is 8.31. The smallest absolute Gasteiger partial charge is 0.194 e. The summed E-state index contributed by atoms with van der Waals surface area (Å²) in [6.45, 7) is 0. The Bertz CT molecular complexity index is 963. The normalized spacial score (nSPS) is 13.3. The predicted octanol–water partition coefficient (Wildman–Crippen LogP) is 3.08. The van der Waals surface area contributed by atoms with E-state index in [1.165, 1.54) is 0 Å². The summed E-state index contributed by atoms with van der Waals surface area (Å²) in [4.78, 5) is 5.30. The number of methoxy groups -OCH3 is 1. The van der Waals surface area contributed by atoms with Crippen molar-refractivity contribution in [2.24, 2.45) is 0 Å². The second-order valence-electron chi connectivity index (χ2n) is 6.21. The first-order valence-electron chi connectivity index (χ1n) is 8.03. The van der Waals surface area contributed by atoms with Gasteiger partial charge in [-0.2, -0.15) is 0 Å². The van der Waals surface area contributed by atoms with Gasteiger partial charge in [0.15, 0.2) is 9.84 Å². The van der Waals surface area contributed by atoms with Gasteiger partial charge in [0.2, 0.25) is 0 Å². The van der Waals surface area contributed by atoms with E-state index in [0.29, 0.717) is 11.3 Å². The minimum atomic E-state index is -3.48. The molecular weight excluding hydrogens is 336 g/mol. The van der Waals surface area contributed by atoms with Crippen molar-refractivity contribution >= 4 is 20.7 Å². The van der Waals surface area contributed by atoms with Gasteiger partial charge in [-0.05, 0) is 50.0 Å². The first-order chi connectivity index (χ1) is 11.9. The second kappa shape index (κ2) is 6.90. The number of hydrogen-bond acceptors (Lipinski definition) is 4. The van der Waals surface area contributed by atoms with E-state index in [0.717, 1.165) is 22.2 Å². The van der Waals surface area contributed by atoms with Crippen LogP contribution < -0.4 is 4.74 Å². The van der Waals surface area contributed by atoms with Crippen LogP contribution in [0, 0.1) is 0 Å². The summed E-state index contributed by atoms with van der Waals surface area (Å²) in [7, 11) is 1.73. The molecule has 2 aromatic carbocycles. The zero-order valence-corrected chi connectivity index (χ0v) is 15.4. The lowest BCUT2D eigenvalue weighted by Gasteiger charge is -2.24. The number of nitrogens with one attached hydrogen (secondary N) is 1. The summed E-state index contributed by atoms with van der Waals surface area (Å²) < 4.78 is 31.5. The highest BCUT2D eigenvalue weighted by Crippen LogP contribution is 2.27. The maximum absolute atomic E-state index is 13.1. The maximum atomic E-state index is 13.1. The number of hydrogen-bond donors (Lipinski definition) is 1. The van der Waals surface area contributed by atoms with Gasteiger partial charge in [-0.15, -0.1) is 0 Å². The zero-order valence-electron chi connectivity index (χ0n) is 14.6. The van der Waals surface area contributed by atoms with Crippen LogP contribution in [0.25, 0.3) is 10.9 Å². The summed E-state index contributed by atoms with van der Waals surface area (Å²) in [5.41, 5.74) is 1.91. The Hall–Kier alpha value is -2.31. The molecule has 0 aliphatic heterocycles. The largest absolute Gasteiger partial charge is 0.497 e. The van der Waals surface area contributed by atoms with Crippen molar-refractivity contribution in [2.75, 3.05) is 21.2 Å². The molecule has 0 saturated carbocycles. The van der Waals surface area contributed by atoms with Crippen LogP contribution in [0.3, 0.4) is 0 Å². The van der Waals surface area contributed by atoms with Crippen molar-refractivity contribution in [3.05, 3.63) is 60.3 Å². The van der Waals surface area contributed by atoms with Crippen LogP contribution in [0.4, 0.5) is 0 Å². The Labute approximate surface area is 148 Å². The fourth-order valence-electron chi connectivity index (χ4n) is 2.98. The van der Waals surface area contributed by atoms with Crippen molar-refractivity contribution in [1.82, 2.24) is 9.88 Å². The Morgan fingerprint density at radius 3 is 2.48 bits per heavy atom. The predicted molar refractivity (Wildman–Crippen MR) is 99.7 cm³/mol. The van der Waals surface area contributed by atoms with E-state index in [4.69, 9.17) is 4.74 Å². The van der Waals surface area contributed by atoms with Crippen LogP contribution in [0.15, 0.2) is 59.6 Å². The number of aromatic nitrogens is 1. The Balaban J connectivity index is 2.01. The summed E-state index contributed by atoms with van der Waals surface area (Å²) in [5.74, 6) is 0.751. The molecule has 1 unspecified atom stereocenters. The number of ether oxygens (including phenoxy) is 1. The summed E-state index contributed by atoms with van der Waals surface area (Å²) in [6, 6.07) is 14.3. The minimum Gasteiger partial charge on any atom is -0.497 e. The van der Waals surface area contributed by atoms with Crippen molar-refractivity contribution in [1.29, 1.82) is 0 Å². The van der Waals surface area contributed by atoms with Gasteiger partial charge in [-0.1, -0.05) is 18.2 Å². The van der Waals surface area contributed by atoms with Crippen LogP contribution >= 0.6 is 0 Å². The average molecular weight is 358 g/mol. The number of aromatic amines is 1. The van der Waals surface area contributed by atoms with Crippen molar-refractivity contribution in [2.45, 2.75) is 16.7 Å². The molecular formula is C19H22N2O3S. The van der Waals surface area contributed by atoms with Gasteiger partial charge in [-0.25, -0.2) is 8.42 Å². The van der Waals surface area contributed by atoms with Gasteiger partial charge >= 0.3 is 0 Å². The molecule has 0 radical (unpaired) electrons. The lowest BCUT2D eigenvalue weighted by Crippen LogP contribution is -2.37. The molecule has 1 N–H and O–H groups in total. The van der Waals surface area contributed by atoms with Crippen LogP contribution in [0.2, 0.25) is 0 Å². The van der Waals surface area contributed by atoms with E-state index in [-0.39, 0.29) is 0 Å². The molecule has 0 bridgehead atoms. The fourth-order valence-corrected chi connectivity index (χ4v) is 4.78. The molecule has 25 heavy (non-hydrogen) atoms. The highest BCUT2D eigenvalue weighted by Gasteiger charge is 2.30. The van der Waals surface area contributed by atoms with Gasteiger partial charge in [-0.3, -0.25) is 4.90 Å². The topological polar surface area (TPSA) is 62.4 Å². The molecule has 0 saturated heterocycles. The molecule has 3 rings (SSSR count). The summed E-state index contributed by atoms with van der Waals surface area (Å²) in [6.07, 6.45) is 2.26. The Morgan fingerprint density at radius 1 is 1.12 bits per heavy atom. The molecule has 6 heteroatoms. The molecule has 1 atom stereocenters. The lowest BCUT2D eigenvalue weighted by molar-refractivity contribution is 0.361. The van der Waals surface area contributed by atoms with Crippen molar-refractivity contribution in [3.63, 3.8) is 0 Å². The van der Waals surface area contributed by atoms with Gasteiger partial charge < -0.3 is 9.72 Å². The zero-order chi connectivity index (χ0) is 18.0. The first kappa shape index (κ1) is 17.5.